The predicted molar refractivity (Wildman–Crippen MR) is 152 cm³/mol. The fourth-order valence-corrected chi connectivity index (χ4v) is 13.1. The van der Waals surface area contributed by atoms with E-state index in [0.29, 0.717) is 27.1 Å². The number of fused-ring (bicyclic) bond motifs is 5. The Balaban J connectivity index is 1.43. The van der Waals surface area contributed by atoms with Crippen LogP contribution in [-0.4, -0.2) is 0 Å². The van der Waals surface area contributed by atoms with Gasteiger partial charge in [0.1, 0.15) is 0 Å². The minimum absolute atomic E-state index is 0.486. The molecule has 4 atom stereocenters. The first-order valence-corrected chi connectivity index (χ1v) is 16.7. The van der Waals surface area contributed by atoms with Crippen LogP contribution in [0, 0.1) is 56.7 Å². The Morgan fingerprint density at radius 1 is 0.657 bits per heavy atom. The van der Waals surface area contributed by atoms with Crippen molar-refractivity contribution in [2.45, 2.75) is 164 Å². The molecule has 0 aromatic rings. The summed E-state index contributed by atoms with van der Waals surface area (Å²) in [4.78, 5) is 0. The molecule has 0 heteroatoms. The van der Waals surface area contributed by atoms with Crippen LogP contribution < -0.4 is 0 Å². The first-order chi connectivity index (χ1) is 16.7. The van der Waals surface area contributed by atoms with Gasteiger partial charge >= 0.3 is 0 Å². The van der Waals surface area contributed by atoms with Crippen LogP contribution in [0.3, 0.4) is 0 Å². The predicted octanol–water partition coefficient (Wildman–Crippen LogP) is 11.2. The van der Waals surface area contributed by atoms with Crippen molar-refractivity contribution in [2.24, 2.45) is 56.7 Å². The van der Waals surface area contributed by atoms with Crippen molar-refractivity contribution in [3.63, 3.8) is 0 Å². The standard InChI is InChI=1S/C35H62/c1-8-31(5,9-2)35(10-3,11-4)33(7)22-26-21-27(23-33)30-25-32(6,24-29(26)30)34(28-17-16-18-28)19-14-12-13-15-20-34/h26-30H,8-25H2,1-7H3. The van der Waals surface area contributed by atoms with Gasteiger partial charge in [0.2, 0.25) is 0 Å². The summed E-state index contributed by atoms with van der Waals surface area (Å²) >= 11 is 0. The molecule has 5 fully saturated rings. The van der Waals surface area contributed by atoms with Crippen molar-refractivity contribution in [2.75, 3.05) is 0 Å². The lowest BCUT2D eigenvalue weighted by atomic mass is 9.43. The van der Waals surface area contributed by atoms with Crippen molar-refractivity contribution in [1.29, 1.82) is 0 Å². The topological polar surface area (TPSA) is 0 Å². The Bertz CT molecular complexity index is 703. The van der Waals surface area contributed by atoms with E-state index in [9.17, 15) is 0 Å². The summed E-state index contributed by atoms with van der Waals surface area (Å²) in [6.45, 7) is 18.4. The summed E-state index contributed by atoms with van der Waals surface area (Å²) in [5.74, 6) is 5.27. The molecule has 0 amide bonds. The van der Waals surface area contributed by atoms with E-state index < -0.39 is 0 Å². The van der Waals surface area contributed by atoms with Gasteiger partial charge in [-0.25, -0.2) is 0 Å². The monoisotopic (exact) mass is 482 g/mol. The molecule has 0 nitrogen and oxygen atoms in total. The van der Waals surface area contributed by atoms with E-state index in [4.69, 9.17) is 0 Å². The zero-order valence-electron chi connectivity index (χ0n) is 25.1. The lowest BCUT2D eigenvalue weighted by Crippen LogP contribution is -2.53. The summed E-state index contributed by atoms with van der Waals surface area (Å²) in [6.07, 6.45) is 27.3. The molecule has 5 aliphatic carbocycles. The molecule has 0 aliphatic heterocycles. The van der Waals surface area contributed by atoms with E-state index >= 15 is 0 Å². The Labute approximate surface area is 220 Å². The number of rotatable bonds is 8. The van der Waals surface area contributed by atoms with Crippen molar-refractivity contribution in [3.8, 4) is 0 Å². The van der Waals surface area contributed by atoms with E-state index in [1.807, 2.05) is 0 Å². The average Bonchev–Trinajstić information content (AvgIpc) is 3.15. The van der Waals surface area contributed by atoms with Gasteiger partial charge in [-0.15, -0.1) is 0 Å². The molecule has 0 N–H and O–H groups in total. The van der Waals surface area contributed by atoms with Gasteiger partial charge in [0, 0.05) is 0 Å². The van der Waals surface area contributed by atoms with Crippen LogP contribution in [0.1, 0.15) is 164 Å². The Morgan fingerprint density at radius 2 is 1.17 bits per heavy atom. The second-order valence-corrected chi connectivity index (χ2v) is 15.8. The van der Waals surface area contributed by atoms with E-state index in [1.165, 1.54) is 57.8 Å². The van der Waals surface area contributed by atoms with Crippen molar-refractivity contribution < 1.29 is 0 Å². The van der Waals surface area contributed by atoms with Crippen LogP contribution in [0.4, 0.5) is 0 Å². The van der Waals surface area contributed by atoms with Gasteiger partial charge < -0.3 is 0 Å². The van der Waals surface area contributed by atoms with Crippen LogP contribution in [0.15, 0.2) is 0 Å². The minimum atomic E-state index is 0.486. The SMILES string of the molecule is CCC(C)(CC)C(CC)(CC)C1(C)CC2CC(C1)C1CC(C)(C3(C4CCC4)CCCCCC3)CC21. The highest BCUT2D eigenvalue weighted by Gasteiger charge is 2.66. The normalized spacial score (nSPS) is 41.9. The summed E-state index contributed by atoms with van der Waals surface area (Å²) in [5, 5.41) is 0. The first-order valence-electron chi connectivity index (χ1n) is 16.7. The van der Waals surface area contributed by atoms with Crippen LogP contribution in [0.2, 0.25) is 0 Å². The minimum Gasteiger partial charge on any atom is -0.0648 e. The molecule has 0 aromatic carbocycles. The van der Waals surface area contributed by atoms with E-state index in [-0.39, 0.29) is 0 Å². The molecule has 4 unspecified atom stereocenters. The molecule has 0 saturated heterocycles. The van der Waals surface area contributed by atoms with E-state index in [2.05, 4.69) is 48.5 Å². The van der Waals surface area contributed by atoms with Gasteiger partial charge in [0.05, 0.1) is 0 Å². The van der Waals surface area contributed by atoms with Gasteiger partial charge in [-0.05, 0) is 127 Å². The molecule has 35 heavy (non-hydrogen) atoms. The highest BCUT2D eigenvalue weighted by molar-refractivity contribution is 5.15. The van der Waals surface area contributed by atoms with Gasteiger partial charge in [-0.3, -0.25) is 0 Å². The third-order valence-electron chi connectivity index (χ3n) is 15.3. The first kappa shape index (κ1) is 26.6. The van der Waals surface area contributed by atoms with Crippen LogP contribution in [0.25, 0.3) is 0 Å². The third-order valence-corrected chi connectivity index (χ3v) is 15.3. The lowest BCUT2D eigenvalue weighted by molar-refractivity contribution is -0.122. The highest BCUT2D eigenvalue weighted by atomic mass is 14.7. The molecule has 5 aliphatic rings. The molecule has 0 aromatic heterocycles. The van der Waals surface area contributed by atoms with Gasteiger partial charge in [-0.2, -0.15) is 0 Å². The van der Waals surface area contributed by atoms with E-state index in [1.54, 1.807) is 57.8 Å². The van der Waals surface area contributed by atoms with Crippen molar-refractivity contribution >= 4 is 0 Å². The second kappa shape index (κ2) is 9.33. The maximum Gasteiger partial charge on any atom is -0.0195 e. The van der Waals surface area contributed by atoms with Crippen LogP contribution >= 0.6 is 0 Å². The quantitative estimate of drug-likeness (QED) is 0.302. The maximum atomic E-state index is 2.84. The third kappa shape index (κ3) is 3.63. The average molecular weight is 483 g/mol. The molecular weight excluding hydrogens is 420 g/mol. The Kier molecular flexibility index (Phi) is 7.09. The van der Waals surface area contributed by atoms with Crippen LogP contribution in [0.5, 0.6) is 0 Å². The Hall–Kier alpha value is 0. The smallest absolute Gasteiger partial charge is 0.0195 e. The summed E-state index contributed by atoms with van der Waals surface area (Å²) in [6, 6.07) is 0. The van der Waals surface area contributed by atoms with Gasteiger partial charge in [0.25, 0.3) is 0 Å². The molecule has 2 bridgehead atoms. The summed E-state index contributed by atoms with van der Waals surface area (Å²) in [7, 11) is 0. The summed E-state index contributed by atoms with van der Waals surface area (Å²) in [5.41, 5.74) is 2.90. The molecule has 5 saturated carbocycles. The molecule has 0 heterocycles. The highest BCUT2D eigenvalue weighted by Crippen LogP contribution is 2.75. The molecule has 0 spiro atoms. The summed E-state index contributed by atoms with van der Waals surface area (Å²) < 4.78 is 0. The van der Waals surface area contributed by atoms with Crippen LogP contribution in [-0.2, 0) is 0 Å². The fourth-order valence-electron chi connectivity index (χ4n) is 13.1. The maximum absolute atomic E-state index is 2.84. The second-order valence-electron chi connectivity index (χ2n) is 15.8. The molecule has 202 valence electrons. The largest absolute Gasteiger partial charge is 0.0648 e. The fraction of sp³-hybridized carbons (Fsp3) is 1.00. The molecule has 0 radical (unpaired) electrons. The molecular formula is C35H62. The lowest BCUT2D eigenvalue weighted by Gasteiger charge is -2.61. The zero-order valence-corrected chi connectivity index (χ0v) is 25.1. The zero-order chi connectivity index (χ0) is 25.1. The van der Waals surface area contributed by atoms with E-state index in [0.717, 1.165) is 29.6 Å². The van der Waals surface area contributed by atoms with Crippen molar-refractivity contribution in [1.82, 2.24) is 0 Å². The van der Waals surface area contributed by atoms with Crippen molar-refractivity contribution in [3.05, 3.63) is 0 Å². The molecule has 5 rings (SSSR count). The Morgan fingerprint density at radius 3 is 1.57 bits per heavy atom. The van der Waals surface area contributed by atoms with Gasteiger partial charge in [-0.1, -0.05) is 93.4 Å². The van der Waals surface area contributed by atoms with Gasteiger partial charge in [0.15, 0.2) is 0 Å². The number of hydrogen-bond donors (Lipinski definition) is 0. The number of hydrogen-bond acceptors (Lipinski definition) is 0.